The number of hydrogen-bond donors (Lipinski definition) is 1. The van der Waals surface area contributed by atoms with Gasteiger partial charge in [-0.15, -0.1) is 0 Å². The molecule has 0 radical (unpaired) electrons. The van der Waals surface area contributed by atoms with Gasteiger partial charge in [0.1, 0.15) is 5.82 Å². The molecule has 3 nitrogen and oxygen atoms in total. The highest BCUT2D eigenvalue weighted by molar-refractivity contribution is 5.85. The second-order valence-electron chi connectivity index (χ2n) is 2.80. The highest BCUT2D eigenvalue weighted by Crippen LogP contribution is 2.15. The lowest BCUT2D eigenvalue weighted by atomic mass is 10.2. The number of aryl methyl sites for hydroxylation is 1. The minimum absolute atomic E-state index is 0.292. The summed E-state index contributed by atoms with van der Waals surface area (Å²) in [7, 11) is 0. The van der Waals surface area contributed by atoms with Gasteiger partial charge in [-0.3, -0.25) is 5.32 Å². The molecule has 0 saturated carbocycles. The van der Waals surface area contributed by atoms with Crippen LogP contribution in [-0.2, 0) is 4.74 Å². The third-order valence-corrected chi connectivity index (χ3v) is 1.71. The van der Waals surface area contributed by atoms with Gasteiger partial charge in [-0.2, -0.15) is 0 Å². The van der Waals surface area contributed by atoms with Gasteiger partial charge < -0.3 is 4.74 Å². The van der Waals surface area contributed by atoms with Gasteiger partial charge in [0, 0.05) is 5.69 Å². The van der Waals surface area contributed by atoms with Gasteiger partial charge >= 0.3 is 6.09 Å². The number of rotatable bonds is 2. The van der Waals surface area contributed by atoms with Crippen LogP contribution in [0.25, 0.3) is 0 Å². The van der Waals surface area contributed by atoms with Crippen LogP contribution in [0.2, 0.25) is 0 Å². The van der Waals surface area contributed by atoms with Gasteiger partial charge in [0.25, 0.3) is 0 Å². The maximum Gasteiger partial charge on any atom is 0.411 e. The monoisotopic (exact) mass is 197 g/mol. The summed E-state index contributed by atoms with van der Waals surface area (Å²) in [6.45, 7) is 3.78. The van der Waals surface area contributed by atoms with Crippen LogP contribution in [0.4, 0.5) is 14.9 Å². The van der Waals surface area contributed by atoms with E-state index in [9.17, 15) is 9.18 Å². The van der Waals surface area contributed by atoms with Gasteiger partial charge in [0.05, 0.1) is 6.61 Å². The van der Waals surface area contributed by atoms with Gasteiger partial charge in [0.2, 0.25) is 0 Å². The Bertz CT molecular complexity index is 339. The summed E-state index contributed by atoms with van der Waals surface area (Å²) in [6.07, 6.45) is -0.568. The number of benzene rings is 1. The summed E-state index contributed by atoms with van der Waals surface area (Å²) in [4.78, 5) is 11.0. The normalized spacial score (nSPS) is 9.64. The second-order valence-corrected chi connectivity index (χ2v) is 2.80. The molecule has 1 N–H and O–H groups in total. The van der Waals surface area contributed by atoms with Crippen LogP contribution in [0.1, 0.15) is 12.5 Å². The quantitative estimate of drug-likeness (QED) is 0.791. The zero-order chi connectivity index (χ0) is 10.6. The van der Waals surface area contributed by atoms with Gasteiger partial charge in [-0.05, 0) is 31.5 Å². The van der Waals surface area contributed by atoms with Gasteiger partial charge in [-0.1, -0.05) is 6.07 Å². The predicted molar refractivity (Wildman–Crippen MR) is 51.8 cm³/mol. The first kappa shape index (κ1) is 10.5. The number of amides is 1. The Morgan fingerprint density at radius 2 is 2.29 bits per heavy atom. The van der Waals surface area contributed by atoms with Crippen molar-refractivity contribution in [3.63, 3.8) is 0 Å². The van der Waals surface area contributed by atoms with E-state index in [1.807, 2.05) is 0 Å². The molecule has 1 rings (SSSR count). The molecule has 0 aromatic heterocycles. The van der Waals surface area contributed by atoms with Gasteiger partial charge in [0.15, 0.2) is 0 Å². The fourth-order valence-corrected chi connectivity index (χ4v) is 1.01. The SMILES string of the molecule is CCOC(=O)Nc1cc(F)ccc1C. The highest BCUT2D eigenvalue weighted by atomic mass is 19.1. The molecule has 4 heteroatoms. The third-order valence-electron chi connectivity index (χ3n) is 1.71. The van der Waals surface area contributed by atoms with Crippen molar-refractivity contribution in [1.82, 2.24) is 0 Å². The number of halogens is 1. The Kier molecular flexibility index (Phi) is 3.45. The van der Waals surface area contributed by atoms with Crippen molar-refractivity contribution < 1.29 is 13.9 Å². The summed E-state index contributed by atoms with van der Waals surface area (Å²) in [5, 5.41) is 2.45. The summed E-state index contributed by atoms with van der Waals surface area (Å²) in [5.74, 6) is -0.387. The van der Waals surface area contributed by atoms with E-state index in [4.69, 9.17) is 0 Å². The van der Waals surface area contributed by atoms with E-state index in [0.717, 1.165) is 5.56 Å². The van der Waals surface area contributed by atoms with Crippen LogP contribution >= 0.6 is 0 Å². The molecule has 1 aromatic rings. The molecule has 0 spiro atoms. The van der Waals surface area contributed by atoms with Crippen molar-refractivity contribution in [2.75, 3.05) is 11.9 Å². The van der Waals surface area contributed by atoms with E-state index in [2.05, 4.69) is 10.1 Å². The van der Waals surface area contributed by atoms with Crippen LogP contribution in [-0.4, -0.2) is 12.7 Å². The van der Waals surface area contributed by atoms with E-state index in [-0.39, 0.29) is 5.82 Å². The molecular formula is C10H12FNO2. The van der Waals surface area contributed by atoms with Crippen molar-refractivity contribution in [2.24, 2.45) is 0 Å². The molecule has 0 aliphatic rings. The smallest absolute Gasteiger partial charge is 0.411 e. The molecule has 14 heavy (non-hydrogen) atoms. The van der Waals surface area contributed by atoms with E-state index in [1.165, 1.54) is 12.1 Å². The minimum atomic E-state index is -0.568. The molecule has 1 amide bonds. The van der Waals surface area contributed by atoms with Crippen LogP contribution in [0.15, 0.2) is 18.2 Å². The molecule has 1 aromatic carbocycles. The summed E-state index contributed by atoms with van der Waals surface area (Å²) >= 11 is 0. The van der Waals surface area contributed by atoms with Crippen molar-refractivity contribution in [1.29, 1.82) is 0 Å². The molecule has 0 aliphatic carbocycles. The zero-order valence-corrected chi connectivity index (χ0v) is 8.13. The van der Waals surface area contributed by atoms with E-state index in [0.29, 0.717) is 12.3 Å². The molecule has 0 heterocycles. The molecular weight excluding hydrogens is 185 g/mol. The third kappa shape index (κ3) is 2.73. The molecule has 0 bridgehead atoms. The maximum absolute atomic E-state index is 12.8. The molecule has 76 valence electrons. The van der Waals surface area contributed by atoms with Crippen LogP contribution < -0.4 is 5.32 Å². The molecule has 0 fully saturated rings. The Morgan fingerprint density at radius 1 is 1.57 bits per heavy atom. The van der Waals surface area contributed by atoms with Crippen LogP contribution in [0.3, 0.4) is 0 Å². The Balaban J connectivity index is 2.75. The molecule has 0 unspecified atom stereocenters. The fourth-order valence-electron chi connectivity index (χ4n) is 1.01. The average molecular weight is 197 g/mol. The Labute approximate surface area is 81.9 Å². The van der Waals surface area contributed by atoms with E-state index < -0.39 is 6.09 Å². The zero-order valence-electron chi connectivity index (χ0n) is 8.13. The number of carbonyl (C=O) groups is 1. The Hall–Kier alpha value is -1.58. The average Bonchev–Trinajstić information content (AvgIpc) is 2.12. The summed E-state index contributed by atoms with van der Waals surface area (Å²) < 4.78 is 17.5. The Morgan fingerprint density at radius 3 is 2.93 bits per heavy atom. The topological polar surface area (TPSA) is 38.3 Å². The van der Waals surface area contributed by atoms with Gasteiger partial charge in [-0.25, -0.2) is 9.18 Å². The fraction of sp³-hybridized carbons (Fsp3) is 0.300. The first-order chi connectivity index (χ1) is 6.63. The largest absolute Gasteiger partial charge is 0.450 e. The number of anilines is 1. The second kappa shape index (κ2) is 4.60. The lowest BCUT2D eigenvalue weighted by Crippen LogP contribution is -2.14. The van der Waals surface area contributed by atoms with E-state index >= 15 is 0 Å². The van der Waals surface area contributed by atoms with Crippen LogP contribution in [0.5, 0.6) is 0 Å². The lowest BCUT2D eigenvalue weighted by molar-refractivity contribution is 0.168. The van der Waals surface area contributed by atoms with Crippen molar-refractivity contribution in [3.8, 4) is 0 Å². The standard InChI is InChI=1S/C10H12FNO2/c1-3-14-10(13)12-9-6-8(11)5-4-7(9)2/h4-6H,3H2,1-2H3,(H,12,13). The summed E-state index contributed by atoms with van der Waals surface area (Å²) in [5.41, 5.74) is 1.22. The number of nitrogens with one attached hydrogen (secondary N) is 1. The summed E-state index contributed by atoms with van der Waals surface area (Å²) in [6, 6.07) is 4.19. The molecule has 0 atom stereocenters. The maximum atomic E-state index is 12.8. The lowest BCUT2D eigenvalue weighted by Gasteiger charge is -2.07. The predicted octanol–water partition coefficient (Wildman–Crippen LogP) is 2.70. The minimum Gasteiger partial charge on any atom is -0.450 e. The number of carbonyl (C=O) groups excluding carboxylic acids is 1. The number of hydrogen-bond acceptors (Lipinski definition) is 2. The van der Waals surface area contributed by atoms with Crippen molar-refractivity contribution in [3.05, 3.63) is 29.6 Å². The first-order valence-electron chi connectivity index (χ1n) is 4.33. The number of ether oxygens (including phenoxy) is 1. The van der Waals surface area contributed by atoms with E-state index in [1.54, 1.807) is 19.9 Å². The first-order valence-corrected chi connectivity index (χ1v) is 4.33. The van der Waals surface area contributed by atoms with Crippen LogP contribution in [0, 0.1) is 12.7 Å². The highest BCUT2D eigenvalue weighted by Gasteiger charge is 2.05. The molecule has 0 saturated heterocycles. The van der Waals surface area contributed by atoms with Crippen molar-refractivity contribution in [2.45, 2.75) is 13.8 Å². The van der Waals surface area contributed by atoms with Crippen molar-refractivity contribution >= 4 is 11.8 Å². The molecule has 0 aliphatic heterocycles.